The summed E-state index contributed by atoms with van der Waals surface area (Å²) in [5.74, 6) is 0.772. The van der Waals surface area contributed by atoms with E-state index in [0.29, 0.717) is 11.0 Å². The molecule has 0 spiro atoms. The van der Waals surface area contributed by atoms with Crippen LogP contribution in [0.1, 0.15) is 54.4 Å². The highest BCUT2D eigenvalue weighted by Crippen LogP contribution is 2.22. The van der Waals surface area contributed by atoms with Crippen molar-refractivity contribution >= 4 is 0 Å². The third-order valence-corrected chi connectivity index (χ3v) is 5.63. The van der Waals surface area contributed by atoms with Crippen LogP contribution < -0.4 is 0 Å². The van der Waals surface area contributed by atoms with Crippen LogP contribution in [0.15, 0.2) is 0 Å². The number of piperazine rings is 1. The normalized spacial score (nSPS) is 23.3. The van der Waals surface area contributed by atoms with E-state index >= 15 is 0 Å². The smallest absolute Gasteiger partial charge is 0.0593 e. The van der Waals surface area contributed by atoms with Crippen molar-refractivity contribution < 1.29 is 4.74 Å². The molecule has 148 valence electrons. The molecule has 0 saturated carbocycles. The average molecular weight is 354 g/mol. The van der Waals surface area contributed by atoms with Gasteiger partial charge in [-0.2, -0.15) is 0 Å². The van der Waals surface area contributed by atoms with Crippen LogP contribution >= 0.6 is 0 Å². The Bertz CT molecular complexity index is 370. The number of nitrogens with zero attached hydrogens (tertiary/aromatic N) is 3. The van der Waals surface area contributed by atoms with Crippen LogP contribution in [0.4, 0.5) is 0 Å². The molecule has 0 amide bonds. The van der Waals surface area contributed by atoms with E-state index in [1.807, 2.05) is 0 Å². The fourth-order valence-corrected chi connectivity index (χ4v) is 4.07. The average Bonchev–Trinajstić information content (AvgIpc) is 2.51. The molecule has 0 aromatic rings. The van der Waals surface area contributed by atoms with Gasteiger partial charge >= 0.3 is 0 Å². The second-order valence-corrected chi connectivity index (χ2v) is 10.4. The molecule has 2 aliphatic heterocycles. The second-order valence-electron chi connectivity index (χ2n) is 10.4. The molecule has 25 heavy (non-hydrogen) atoms. The van der Waals surface area contributed by atoms with Crippen molar-refractivity contribution in [3.05, 3.63) is 0 Å². The Morgan fingerprint density at radius 3 is 1.92 bits per heavy atom. The number of hydrogen-bond donors (Lipinski definition) is 0. The molecule has 2 saturated heterocycles. The van der Waals surface area contributed by atoms with Gasteiger partial charge in [0.2, 0.25) is 0 Å². The minimum absolute atomic E-state index is 0.310. The number of ether oxygens (including phenoxy) is 1. The Balaban J connectivity index is 1.52. The van der Waals surface area contributed by atoms with Crippen molar-refractivity contribution in [2.45, 2.75) is 59.9 Å². The summed E-state index contributed by atoms with van der Waals surface area (Å²) in [5, 5.41) is 0. The van der Waals surface area contributed by atoms with Gasteiger partial charge in [0, 0.05) is 51.4 Å². The van der Waals surface area contributed by atoms with Crippen molar-refractivity contribution in [3.8, 4) is 0 Å². The first-order valence-corrected chi connectivity index (χ1v) is 10.4. The third kappa shape index (κ3) is 7.94. The van der Waals surface area contributed by atoms with Crippen LogP contribution in [0.25, 0.3) is 0 Å². The first kappa shape index (κ1) is 21.1. The maximum Gasteiger partial charge on any atom is 0.0593 e. The van der Waals surface area contributed by atoms with Crippen LogP contribution in [0.3, 0.4) is 0 Å². The van der Waals surface area contributed by atoms with E-state index < -0.39 is 0 Å². The third-order valence-electron chi connectivity index (χ3n) is 5.63. The lowest BCUT2D eigenvalue weighted by Gasteiger charge is -2.42. The van der Waals surface area contributed by atoms with Gasteiger partial charge in [-0.3, -0.25) is 9.80 Å². The first-order valence-electron chi connectivity index (χ1n) is 10.4. The van der Waals surface area contributed by atoms with E-state index in [0.717, 1.165) is 25.7 Å². The molecule has 0 aromatic carbocycles. The Morgan fingerprint density at radius 1 is 0.800 bits per heavy atom. The van der Waals surface area contributed by atoms with E-state index in [4.69, 9.17) is 4.74 Å². The Labute approximate surface area is 156 Å². The maximum absolute atomic E-state index is 6.03. The number of rotatable bonds is 6. The van der Waals surface area contributed by atoms with E-state index in [1.165, 1.54) is 58.7 Å². The van der Waals surface area contributed by atoms with Gasteiger partial charge in [-0.05, 0) is 58.0 Å². The number of hydrogen-bond acceptors (Lipinski definition) is 4. The van der Waals surface area contributed by atoms with Crippen LogP contribution in [-0.2, 0) is 4.74 Å². The summed E-state index contributed by atoms with van der Waals surface area (Å²) in [7, 11) is 0. The summed E-state index contributed by atoms with van der Waals surface area (Å²) in [6, 6.07) is 0. The van der Waals surface area contributed by atoms with Gasteiger partial charge in [0.05, 0.1) is 6.61 Å². The van der Waals surface area contributed by atoms with Crippen molar-refractivity contribution in [1.82, 2.24) is 14.7 Å². The topological polar surface area (TPSA) is 19.0 Å². The molecular weight excluding hydrogens is 310 g/mol. The lowest BCUT2D eigenvalue weighted by Crippen LogP contribution is -2.53. The van der Waals surface area contributed by atoms with E-state index in [9.17, 15) is 0 Å². The lowest BCUT2D eigenvalue weighted by molar-refractivity contribution is 0.0251. The maximum atomic E-state index is 6.03. The molecule has 0 aliphatic carbocycles. The molecule has 0 radical (unpaired) electrons. The molecule has 0 bridgehead atoms. The van der Waals surface area contributed by atoms with Crippen molar-refractivity contribution in [2.75, 3.05) is 65.6 Å². The molecule has 4 nitrogen and oxygen atoms in total. The van der Waals surface area contributed by atoms with E-state index in [-0.39, 0.29) is 0 Å². The highest BCUT2D eigenvalue weighted by Gasteiger charge is 2.26. The minimum Gasteiger partial charge on any atom is -0.380 e. The molecule has 0 N–H and O–H groups in total. The van der Waals surface area contributed by atoms with Crippen LogP contribution in [0.2, 0.25) is 0 Å². The van der Waals surface area contributed by atoms with Crippen molar-refractivity contribution in [1.29, 1.82) is 0 Å². The van der Waals surface area contributed by atoms with Crippen LogP contribution in [-0.4, -0.2) is 85.8 Å². The summed E-state index contributed by atoms with van der Waals surface area (Å²) in [6.07, 6.45) is 2.61. The zero-order chi connectivity index (χ0) is 18.5. The fourth-order valence-electron chi connectivity index (χ4n) is 4.07. The van der Waals surface area contributed by atoms with Crippen molar-refractivity contribution in [3.63, 3.8) is 0 Å². The Morgan fingerprint density at radius 2 is 1.40 bits per heavy atom. The van der Waals surface area contributed by atoms with Gasteiger partial charge in [0.25, 0.3) is 0 Å². The lowest BCUT2D eigenvalue weighted by atomic mass is 9.92. The zero-order valence-electron chi connectivity index (χ0n) is 17.8. The van der Waals surface area contributed by atoms with Crippen LogP contribution in [0.5, 0.6) is 0 Å². The van der Waals surface area contributed by atoms with Gasteiger partial charge in [-0.15, -0.1) is 0 Å². The summed E-state index contributed by atoms with van der Waals surface area (Å²) in [5.41, 5.74) is 0.727. The molecule has 2 aliphatic rings. The molecule has 2 heterocycles. The highest BCUT2D eigenvalue weighted by molar-refractivity contribution is 4.82. The number of likely N-dealkylation sites (tertiary alicyclic amines) is 1. The summed E-state index contributed by atoms with van der Waals surface area (Å²) >= 11 is 0. The molecule has 2 fully saturated rings. The van der Waals surface area contributed by atoms with Gasteiger partial charge in [0.1, 0.15) is 0 Å². The van der Waals surface area contributed by atoms with E-state index in [2.05, 4.69) is 56.2 Å². The second kappa shape index (κ2) is 9.16. The van der Waals surface area contributed by atoms with Gasteiger partial charge in [-0.25, -0.2) is 0 Å². The summed E-state index contributed by atoms with van der Waals surface area (Å²) in [4.78, 5) is 7.79. The molecule has 0 atom stereocenters. The van der Waals surface area contributed by atoms with Crippen molar-refractivity contribution in [2.24, 2.45) is 11.3 Å². The molecule has 0 aromatic heterocycles. The predicted octanol–water partition coefficient (Wildman–Crippen LogP) is 3.18. The zero-order valence-corrected chi connectivity index (χ0v) is 17.8. The first-order chi connectivity index (χ1) is 11.6. The Hall–Kier alpha value is -0.160. The summed E-state index contributed by atoms with van der Waals surface area (Å²) in [6.45, 7) is 25.4. The van der Waals surface area contributed by atoms with Crippen LogP contribution in [0, 0.1) is 11.3 Å². The standard InChI is InChI=1S/C21H43N3O/c1-20(2,3)18-23-9-7-19(8-10-23)17-25-16-15-22-11-13-24(14-12-22)21(4,5)6/h19H,7-18H2,1-6H3. The largest absolute Gasteiger partial charge is 0.380 e. The Kier molecular flexibility index (Phi) is 7.75. The minimum atomic E-state index is 0.310. The van der Waals surface area contributed by atoms with E-state index in [1.54, 1.807) is 0 Å². The molecular formula is C21H43N3O. The quantitative estimate of drug-likeness (QED) is 0.683. The number of piperidine rings is 1. The summed E-state index contributed by atoms with van der Waals surface area (Å²) < 4.78 is 6.03. The monoisotopic (exact) mass is 353 g/mol. The van der Waals surface area contributed by atoms with Gasteiger partial charge < -0.3 is 9.64 Å². The molecule has 0 unspecified atom stereocenters. The van der Waals surface area contributed by atoms with Gasteiger partial charge in [-0.1, -0.05) is 20.8 Å². The van der Waals surface area contributed by atoms with Gasteiger partial charge in [0.15, 0.2) is 0 Å². The SMILES string of the molecule is CC(C)(C)CN1CCC(COCCN2CCN(C(C)(C)C)CC2)CC1. The molecule has 4 heteroatoms. The highest BCUT2D eigenvalue weighted by atomic mass is 16.5. The fraction of sp³-hybridized carbons (Fsp3) is 1.00. The molecule has 2 rings (SSSR count). The predicted molar refractivity (Wildman–Crippen MR) is 107 cm³/mol.